The number of hydrogen-bond acceptors (Lipinski definition) is 5. The van der Waals surface area contributed by atoms with Crippen LogP contribution < -0.4 is 11.5 Å². The van der Waals surface area contributed by atoms with E-state index in [9.17, 15) is 4.79 Å². The first kappa shape index (κ1) is 12.9. The van der Waals surface area contributed by atoms with Crippen molar-refractivity contribution in [2.75, 3.05) is 18.8 Å². The minimum Gasteiger partial charge on any atom is -0.375 e. The molecule has 0 spiro atoms. The van der Waals surface area contributed by atoms with E-state index in [1.165, 1.54) is 11.3 Å². The van der Waals surface area contributed by atoms with E-state index in [0.717, 1.165) is 11.4 Å². The Morgan fingerprint density at radius 1 is 1.62 bits per heavy atom. The van der Waals surface area contributed by atoms with Crippen molar-refractivity contribution in [2.45, 2.75) is 20.4 Å². The third kappa shape index (κ3) is 4.59. The van der Waals surface area contributed by atoms with Crippen LogP contribution in [0.4, 0.5) is 5.13 Å². The molecule has 90 valence electrons. The van der Waals surface area contributed by atoms with Crippen molar-refractivity contribution in [3.63, 3.8) is 0 Å². The number of anilines is 1. The average Bonchev–Trinajstić information content (AvgIpc) is 2.48. The van der Waals surface area contributed by atoms with Crippen LogP contribution in [0.2, 0.25) is 0 Å². The number of carbonyl (C=O) groups is 1. The Balaban J connectivity index is 2.58. The molecule has 16 heavy (non-hydrogen) atoms. The van der Waals surface area contributed by atoms with Crippen LogP contribution in [-0.2, 0) is 11.3 Å². The lowest BCUT2D eigenvalue weighted by Crippen LogP contribution is -2.35. The third-order valence-electron chi connectivity index (χ3n) is 1.95. The van der Waals surface area contributed by atoms with Crippen LogP contribution in [-0.4, -0.2) is 28.9 Å². The van der Waals surface area contributed by atoms with E-state index in [0.29, 0.717) is 17.6 Å². The van der Waals surface area contributed by atoms with Crippen LogP contribution >= 0.6 is 11.3 Å². The standard InChI is InChI=1S/C10H18N4OS/c1-7(2)4-14(6-9(11)15)5-8-3-13-10(12)16-8/h3,7H,4-6H2,1-2H3,(H2,11,15)(H2,12,13). The van der Waals surface area contributed by atoms with Crippen molar-refractivity contribution in [3.8, 4) is 0 Å². The second-order valence-corrected chi connectivity index (χ2v) is 5.34. The Hall–Kier alpha value is -1.14. The minimum atomic E-state index is -0.307. The quantitative estimate of drug-likeness (QED) is 0.767. The third-order valence-corrected chi connectivity index (χ3v) is 2.76. The van der Waals surface area contributed by atoms with Crippen molar-refractivity contribution in [3.05, 3.63) is 11.1 Å². The zero-order chi connectivity index (χ0) is 12.1. The van der Waals surface area contributed by atoms with Crippen LogP contribution in [0.25, 0.3) is 0 Å². The van der Waals surface area contributed by atoms with Gasteiger partial charge in [0, 0.05) is 24.2 Å². The fourth-order valence-corrected chi connectivity index (χ4v) is 2.26. The first-order valence-corrected chi connectivity index (χ1v) is 6.00. The Morgan fingerprint density at radius 2 is 2.31 bits per heavy atom. The van der Waals surface area contributed by atoms with Crippen molar-refractivity contribution in [2.24, 2.45) is 11.7 Å². The molecule has 0 aliphatic carbocycles. The molecule has 5 nitrogen and oxygen atoms in total. The summed E-state index contributed by atoms with van der Waals surface area (Å²) in [5.74, 6) is 0.183. The molecule has 6 heteroatoms. The van der Waals surface area contributed by atoms with E-state index in [1.807, 2.05) is 4.90 Å². The maximum Gasteiger partial charge on any atom is 0.231 e. The van der Waals surface area contributed by atoms with Gasteiger partial charge in [0.1, 0.15) is 0 Å². The lowest BCUT2D eigenvalue weighted by molar-refractivity contribution is -0.119. The molecule has 0 saturated heterocycles. The van der Waals surface area contributed by atoms with E-state index in [4.69, 9.17) is 11.5 Å². The van der Waals surface area contributed by atoms with Gasteiger partial charge >= 0.3 is 0 Å². The van der Waals surface area contributed by atoms with Crippen molar-refractivity contribution >= 4 is 22.4 Å². The summed E-state index contributed by atoms with van der Waals surface area (Å²) in [4.78, 5) is 18.0. The molecule has 0 unspecified atom stereocenters. The van der Waals surface area contributed by atoms with E-state index < -0.39 is 0 Å². The second kappa shape index (κ2) is 5.81. The zero-order valence-corrected chi connectivity index (χ0v) is 10.5. The summed E-state index contributed by atoms with van der Waals surface area (Å²) >= 11 is 1.44. The Labute approximate surface area is 99.4 Å². The second-order valence-electron chi connectivity index (χ2n) is 4.19. The lowest BCUT2D eigenvalue weighted by Gasteiger charge is -2.21. The number of amides is 1. The Morgan fingerprint density at radius 3 is 2.75 bits per heavy atom. The Kier molecular flexibility index (Phi) is 4.70. The van der Waals surface area contributed by atoms with Crippen LogP contribution in [0.5, 0.6) is 0 Å². The van der Waals surface area contributed by atoms with E-state index in [2.05, 4.69) is 18.8 Å². The van der Waals surface area contributed by atoms with Crippen molar-refractivity contribution in [1.82, 2.24) is 9.88 Å². The highest BCUT2D eigenvalue weighted by molar-refractivity contribution is 7.15. The monoisotopic (exact) mass is 242 g/mol. The van der Waals surface area contributed by atoms with Crippen molar-refractivity contribution < 1.29 is 4.79 Å². The fourth-order valence-electron chi connectivity index (χ4n) is 1.54. The van der Waals surface area contributed by atoms with Crippen LogP contribution in [0.1, 0.15) is 18.7 Å². The molecule has 1 heterocycles. The number of nitrogen functional groups attached to an aromatic ring is 1. The van der Waals surface area contributed by atoms with Gasteiger partial charge < -0.3 is 11.5 Å². The fraction of sp³-hybridized carbons (Fsp3) is 0.600. The number of hydrogen-bond donors (Lipinski definition) is 2. The summed E-state index contributed by atoms with van der Waals surface area (Å²) in [7, 11) is 0. The number of primary amides is 1. The van der Waals surface area contributed by atoms with Crippen LogP contribution in [0.15, 0.2) is 6.20 Å². The lowest BCUT2D eigenvalue weighted by atomic mass is 10.2. The molecule has 0 fully saturated rings. The van der Waals surface area contributed by atoms with Gasteiger partial charge in [0.05, 0.1) is 6.54 Å². The largest absolute Gasteiger partial charge is 0.375 e. The highest BCUT2D eigenvalue weighted by atomic mass is 32.1. The highest BCUT2D eigenvalue weighted by Gasteiger charge is 2.12. The van der Waals surface area contributed by atoms with Gasteiger partial charge in [0.2, 0.25) is 5.91 Å². The van der Waals surface area contributed by atoms with Crippen LogP contribution in [0, 0.1) is 5.92 Å². The first-order chi connectivity index (χ1) is 7.47. The molecule has 0 aliphatic rings. The van der Waals surface area contributed by atoms with Crippen molar-refractivity contribution in [1.29, 1.82) is 0 Å². The van der Waals surface area contributed by atoms with E-state index in [-0.39, 0.29) is 12.5 Å². The number of nitrogens with zero attached hydrogens (tertiary/aromatic N) is 2. The molecule has 0 aliphatic heterocycles. The minimum absolute atomic E-state index is 0.274. The topological polar surface area (TPSA) is 85.2 Å². The SMILES string of the molecule is CC(C)CN(CC(N)=O)Cc1cnc(N)s1. The normalized spacial score (nSPS) is 11.2. The summed E-state index contributed by atoms with van der Waals surface area (Å²) in [5.41, 5.74) is 10.8. The molecule has 1 amide bonds. The molecule has 1 aromatic heterocycles. The molecule has 4 N–H and O–H groups in total. The van der Waals surface area contributed by atoms with Gasteiger partial charge in [-0.05, 0) is 5.92 Å². The Bertz CT molecular complexity index is 350. The highest BCUT2D eigenvalue weighted by Crippen LogP contribution is 2.16. The molecular weight excluding hydrogens is 224 g/mol. The number of aromatic nitrogens is 1. The summed E-state index contributed by atoms with van der Waals surface area (Å²) in [6.45, 7) is 6.00. The predicted octanol–water partition coefficient (Wildman–Crippen LogP) is 0.669. The number of thiazole rings is 1. The van der Waals surface area contributed by atoms with Gasteiger partial charge in [0.15, 0.2) is 5.13 Å². The predicted molar refractivity (Wildman–Crippen MR) is 65.8 cm³/mol. The van der Waals surface area contributed by atoms with Gasteiger partial charge in [-0.25, -0.2) is 4.98 Å². The van der Waals surface area contributed by atoms with Gasteiger partial charge in [-0.15, -0.1) is 11.3 Å². The average molecular weight is 242 g/mol. The van der Waals surface area contributed by atoms with Gasteiger partial charge in [-0.3, -0.25) is 9.69 Å². The molecule has 0 radical (unpaired) electrons. The summed E-state index contributed by atoms with van der Waals surface area (Å²) in [6.07, 6.45) is 1.74. The maximum absolute atomic E-state index is 10.9. The van der Waals surface area contributed by atoms with Gasteiger partial charge in [0.25, 0.3) is 0 Å². The molecule has 0 bridgehead atoms. The molecule has 1 rings (SSSR count). The zero-order valence-electron chi connectivity index (χ0n) is 9.64. The number of rotatable bonds is 6. The number of nitrogens with two attached hydrogens (primary N) is 2. The first-order valence-electron chi connectivity index (χ1n) is 5.18. The number of carbonyl (C=O) groups excluding carboxylic acids is 1. The van der Waals surface area contributed by atoms with E-state index >= 15 is 0 Å². The smallest absolute Gasteiger partial charge is 0.231 e. The molecule has 1 aromatic rings. The molecule has 0 atom stereocenters. The van der Waals surface area contributed by atoms with Gasteiger partial charge in [-0.2, -0.15) is 0 Å². The summed E-state index contributed by atoms with van der Waals surface area (Å²) in [6, 6.07) is 0. The summed E-state index contributed by atoms with van der Waals surface area (Å²) < 4.78 is 0. The molecule has 0 aromatic carbocycles. The van der Waals surface area contributed by atoms with Crippen LogP contribution in [0.3, 0.4) is 0 Å². The maximum atomic E-state index is 10.9. The molecular formula is C10H18N4OS. The van der Waals surface area contributed by atoms with Gasteiger partial charge in [-0.1, -0.05) is 13.8 Å². The van der Waals surface area contributed by atoms with E-state index in [1.54, 1.807) is 6.20 Å². The molecule has 0 saturated carbocycles. The summed E-state index contributed by atoms with van der Waals surface area (Å²) in [5, 5.41) is 0.554.